The van der Waals surface area contributed by atoms with Gasteiger partial charge in [0.2, 0.25) is 0 Å². The highest BCUT2D eigenvalue weighted by Crippen LogP contribution is 2.37. The van der Waals surface area contributed by atoms with E-state index >= 15 is 0 Å². The Hall–Kier alpha value is -3.97. The summed E-state index contributed by atoms with van der Waals surface area (Å²) in [5.41, 5.74) is 1.86. The summed E-state index contributed by atoms with van der Waals surface area (Å²) in [5.74, 6) is 0.741. The summed E-state index contributed by atoms with van der Waals surface area (Å²) in [7, 11) is 4.62. The number of amides is 2. The molecule has 168 valence electrons. The third-order valence-electron chi connectivity index (χ3n) is 5.22. The van der Waals surface area contributed by atoms with E-state index in [1.165, 1.54) is 7.11 Å². The molecule has 3 aromatic carbocycles. The fourth-order valence-electron chi connectivity index (χ4n) is 3.53. The molecule has 0 saturated carbocycles. The highest BCUT2D eigenvalue weighted by atomic mass is 35.5. The minimum Gasteiger partial charge on any atom is -0.497 e. The van der Waals surface area contributed by atoms with Crippen LogP contribution in [0.3, 0.4) is 0 Å². The van der Waals surface area contributed by atoms with E-state index in [9.17, 15) is 9.59 Å². The molecule has 2 amide bonds. The lowest BCUT2D eigenvalue weighted by atomic mass is 10.0. The monoisotopic (exact) mass is 464 g/mol. The number of halogens is 1. The molecule has 1 N–H and O–H groups in total. The number of ether oxygens (including phenoxy) is 3. The topological polar surface area (TPSA) is 77.1 Å². The molecule has 0 unspecified atom stereocenters. The maximum atomic E-state index is 13.5. The molecule has 0 atom stereocenters. The molecule has 7 nitrogen and oxygen atoms in total. The standard InChI is InChI=1S/C25H21ClN2O5/c1-31-18-10-4-15(5-11-18)22-23(27-20-13-12-19(32-2)14-21(20)33-3)25(30)28(24(22)29)17-8-6-16(26)7-9-17/h4-14,27H,1-3H3. The summed E-state index contributed by atoms with van der Waals surface area (Å²) >= 11 is 5.99. The zero-order valence-electron chi connectivity index (χ0n) is 18.2. The quantitative estimate of drug-likeness (QED) is 0.508. The van der Waals surface area contributed by atoms with Crippen molar-refractivity contribution in [3.8, 4) is 17.2 Å². The van der Waals surface area contributed by atoms with Gasteiger partial charge in [0.1, 0.15) is 22.9 Å². The molecule has 0 spiro atoms. The molecule has 1 aliphatic rings. The molecule has 0 aromatic heterocycles. The van der Waals surface area contributed by atoms with Crippen LogP contribution in [-0.2, 0) is 9.59 Å². The first-order valence-electron chi connectivity index (χ1n) is 9.99. The number of benzene rings is 3. The van der Waals surface area contributed by atoms with Gasteiger partial charge in [-0.2, -0.15) is 0 Å². The van der Waals surface area contributed by atoms with Crippen LogP contribution in [0, 0.1) is 0 Å². The van der Waals surface area contributed by atoms with Crippen molar-refractivity contribution in [2.75, 3.05) is 31.5 Å². The van der Waals surface area contributed by atoms with Crippen molar-refractivity contribution >= 4 is 40.4 Å². The number of carbonyl (C=O) groups excluding carboxylic acids is 2. The van der Waals surface area contributed by atoms with E-state index in [0.29, 0.717) is 39.2 Å². The number of nitrogens with one attached hydrogen (secondary N) is 1. The van der Waals surface area contributed by atoms with Crippen molar-refractivity contribution in [2.24, 2.45) is 0 Å². The normalized spacial score (nSPS) is 13.4. The fourth-order valence-corrected chi connectivity index (χ4v) is 3.66. The Balaban J connectivity index is 1.82. The van der Waals surface area contributed by atoms with Crippen LogP contribution >= 0.6 is 11.6 Å². The van der Waals surface area contributed by atoms with E-state index in [4.69, 9.17) is 25.8 Å². The van der Waals surface area contributed by atoms with Gasteiger partial charge in [0.05, 0.1) is 38.3 Å². The van der Waals surface area contributed by atoms with E-state index in [2.05, 4.69) is 5.32 Å². The van der Waals surface area contributed by atoms with Gasteiger partial charge >= 0.3 is 0 Å². The third kappa shape index (κ3) is 4.23. The largest absolute Gasteiger partial charge is 0.497 e. The molecule has 0 fully saturated rings. The molecule has 1 heterocycles. The van der Waals surface area contributed by atoms with Gasteiger partial charge in [0, 0.05) is 11.1 Å². The first-order chi connectivity index (χ1) is 16.0. The number of methoxy groups -OCH3 is 3. The van der Waals surface area contributed by atoms with Gasteiger partial charge in [0.25, 0.3) is 11.8 Å². The Morgan fingerprint density at radius 1 is 0.758 bits per heavy atom. The van der Waals surface area contributed by atoms with Gasteiger partial charge in [-0.25, -0.2) is 4.90 Å². The number of imide groups is 1. The van der Waals surface area contributed by atoms with Gasteiger partial charge in [0.15, 0.2) is 0 Å². The van der Waals surface area contributed by atoms with Gasteiger partial charge in [-0.05, 0) is 54.1 Å². The molecule has 0 radical (unpaired) electrons. The lowest BCUT2D eigenvalue weighted by Gasteiger charge is -2.16. The molecular formula is C25H21ClN2O5. The van der Waals surface area contributed by atoms with Crippen molar-refractivity contribution < 1.29 is 23.8 Å². The second-order valence-electron chi connectivity index (χ2n) is 7.09. The number of hydrogen-bond acceptors (Lipinski definition) is 6. The van der Waals surface area contributed by atoms with Gasteiger partial charge in [-0.15, -0.1) is 0 Å². The minimum absolute atomic E-state index is 0.128. The van der Waals surface area contributed by atoms with Crippen LogP contribution in [0.1, 0.15) is 5.56 Å². The zero-order valence-corrected chi connectivity index (χ0v) is 19.0. The number of hydrogen-bond donors (Lipinski definition) is 1. The minimum atomic E-state index is -0.494. The first-order valence-corrected chi connectivity index (χ1v) is 10.4. The average molecular weight is 465 g/mol. The lowest BCUT2D eigenvalue weighted by molar-refractivity contribution is -0.120. The highest BCUT2D eigenvalue weighted by Gasteiger charge is 2.40. The number of anilines is 2. The Kier molecular flexibility index (Phi) is 6.24. The van der Waals surface area contributed by atoms with Crippen LogP contribution in [0.15, 0.2) is 72.4 Å². The predicted molar refractivity (Wildman–Crippen MR) is 127 cm³/mol. The average Bonchev–Trinajstić information content (AvgIpc) is 3.09. The summed E-state index contributed by atoms with van der Waals surface area (Å²) in [6, 6.07) is 18.6. The smallest absolute Gasteiger partial charge is 0.282 e. The fraction of sp³-hybridized carbons (Fsp3) is 0.120. The number of rotatable bonds is 7. The number of nitrogens with zero attached hydrogens (tertiary/aromatic N) is 1. The number of carbonyl (C=O) groups is 2. The Morgan fingerprint density at radius 3 is 2.00 bits per heavy atom. The van der Waals surface area contributed by atoms with Crippen molar-refractivity contribution in [2.45, 2.75) is 0 Å². The summed E-state index contributed by atoms with van der Waals surface area (Å²) in [5, 5.41) is 3.61. The maximum Gasteiger partial charge on any atom is 0.282 e. The summed E-state index contributed by atoms with van der Waals surface area (Å²) < 4.78 is 15.9. The van der Waals surface area contributed by atoms with E-state index in [0.717, 1.165) is 4.90 Å². The van der Waals surface area contributed by atoms with Crippen molar-refractivity contribution in [1.29, 1.82) is 0 Å². The zero-order chi connectivity index (χ0) is 23.5. The van der Waals surface area contributed by atoms with Crippen LogP contribution in [0.2, 0.25) is 5.02 Å². The van der Waals surface area contributed by atoms with Crippen LogP contribution in [0.5, 0.6) is 17.2 Å². The van der Waals surface area contributed by atoms with Crippen LogP contribution in [-0.4, -0.2) is 33.1 Å². The van der Waals surface area contributed by atoms with Crippen LogP contribution < -0.4 is 24.4 Å². The Morgan fingerprint density at radius 2 is 1.39 bits per heavy atom. The van der Waals surface area contributed by atoms with Crippen molar-refractivity contribution in [3.63, 3.8) is 0 Å². The van der Waals surface area contributed by atoms with Gasteiger partial charge in [-0.1, -0.05) is 23.7 Å². The van der Waals surface area contributed by atoms with E-state index in [1.54, 1.807) is 80.9 Å². The molecular weight excluding hydrogens is 444 g/mol. The molecule has 4 rings (SSSR count). The van der Waals surface area contributed by atoms with Gasteiger partial charge < -0.3 is 19.5 Å². The van der Waals surface area contributed by atoms with Gasteiger partial charge in [-0.3, -0.25) is 9.59 Å². The first kappa shape index (κ1) is 22.2. The van der Waals surface area contributed by atoms with E-state index in [-0.39, 0.29) is 11.3 Å². The summed E-state index contributed by atoms with van der Waals surface area (Å²) in [6.07, 6.45) is 0. The summed E-state index contributed by atoms with van der Waals surface area (Å²) in [6.45, 7) is 0. The Bertz CT molecular complexity index is 1240. The molecule has 1 aliphatic heterocycles. The molecule has 0 bridgehead atoms. The molecule has 0 saturated heterocycles. The van der Waals surface area contributed by atoms with Crippen molar-refractivity contribution in [1.82, 2.24) is 0 Å². The lowest BCUT2D eigenvalue weighted by Crippen LogP contribution is -2.32. The van der Waals surface area contributed by atoms with Crippen molar-refractivity contribution in [3.05, 3.63) is 83.0 Å². The second kappa shape index (κ2) is 9.26. The third-order valence-corrected chi connectivity index (χ3v) is 5.47. The predicted octanol–water partition coefficient (Wildman–Crippen LogP) is 4.76. The SMILES string of the molecule is COc1ccc(C2=C(Nc3ccc(OC)cc3OC)C(=O)N(c3ccc(Cl)cc3)C2=O)cc1. The van der Waals surface area contributed by atoms with Crippen LogP contribution in [0.25, 0.3) is 5.57 Å². The maximum absolute atomic E-state index is 13.5. The molecule has 3 aromatic rings. The molecule has 33 heavy (non-hydrogen) atoms. The highest BCUT2D eigenvalue weighted by molar-refractivity contribution is 6.46. The molecule has 0 aliphatic carbocycles. The summed E-state index contributed by atoms with van der Waals surface area (Å²) in [4.78, 5) is 28.1. The van der Waals surface area contributed by atoms with E-state index < -0.39 is 11.8 Å². The molecule has 8 heteroatoms. The Labute approximate surface area is 196 Å². The van der Waals surface area contributed by atoms with Crippen LogP contribution in [0.4, 0.5) is 11.4 Å². The van der Waals surface area contributed by atoms with E-state index in [1.807, 2.05) is 0 Å². The second-order valence-corrected chi connectivity index (χ2v) is 7.53.